The van der Waals surface area contributed by atoms with E-state index < -0.39 is 11.7 Å². The van der Waals surface area contributed by atoms with Gasteiger partial charge in [-0.05, 0) is 45.0 Å². The third-order valence-electron chi connectivity index (χ3n) is 4.62. The van der Waals surface area contributed by atoms with E-state index in [-0.39, 0.29) is 24.6 Å². The SMILES string of the molecule is CC(C)(C)OC(=O)NC/C(=C\F)COc1ccc2nc(C(=O)N3CCOCC3)ccc2c1. The van der Waals surface area contributed by atoms with Crippen molar-refractivity contribution in [3.05, 3.63) is 47.9 Å². The highest BCUT2D eigenvalue weighted by atomic mass is 19.1. The smallest absolute Gasteiger partial charge is 0.407 e. The van der Waals surface area contributed by atoms with Crippen LogP contribution in [0.1, 0.15) is 31.3 Å². The number of amides is 2. The van der Waals surface area contributed by atoms with Crippen molar-refractivity contribution in [2.24, 2.45) is 0 Å². The van der Waals surface area contributed by atoms with Gasteiger partial charge >= 0.3 is 6.09 Å². The lowest BCUT2D eigenvalue weighted by atomic mass is 10.2. The van der Waals surface area contributed by atoms with Gasteiger partial charge in [-0.15, -0.1) is 0 Å². The van der Waals surface area contributed by atoms with Crippen LogP contribution in [0.25, 0.3) is 10.9 Å². The standard InChI is InChI=1S/C23H28FN3O5/c1-23(2,3)32-22(29)25-14-16(13-24)15-31-18-5-7-19-17(12-18)4-6-20(26-19)21(28)27-8-10-30-11-9-27/h4-7,12-13H,8-11,14-15H2,1-3H3,(H,25,29)/b16-13+. The van der Waals surface area contributed by atoms with Crippen LogP contribution >= 0.6 is 0 Å². The van der Waals surface area contributed by atoms with Crippen molar-refractivity contribution in [3.63, 3.8) is 0 Å². The molecule has 3 rings (SSSR count). The monoisotopic (exact) mass is 445 g/mol. The van der Waals surface area contributed by atoms with Gasteiger partial charge in [-0.3, -0.25) is 4.79 Å². The topological polar surface area (TPSA) is 90.0 Å². The number of fused-ring (bicyclic) bond motifs is 1. The van der Waals surface area contributed by atoms with Gasteiger partial charge in [-0.25, -0.2) is 14.2 Å². The number of rotatable bonds is 6. The van der Waals surface area contributed by atoms with Crippen LogP contribution in [0.5, 0.6) is 5.75 Å². The largest absolute Gasteiger partial charge is 0.489 e. The highest BCUT2D eigenvalue weighted by Crippen LogP contribution is 2.21. The highest BCUT2D eigenvalue weighted by Gasteiger charge is 2.20. The number of ether oxygens (including phenoxy) is 3. The van der Waals surface area contributed by atoms with Crippen LogP contribution in [0.2, 0.25) is 0 Å². The average molecular weight is 445 g/mol. The minimum Gasteiger partial charge on any atom is -0.489 e. The number of morpholine rings is 1. The van der Waals surface area contributed by atoms with Crippen molar-refractivity contribution in [2.75, 3.05) is 39.5 Å². The van der Waals surface area contributed by atoms with Gasteiger partial charge in [-0.1, -0.05) is 6.07 Å². The predicted molar refractivity (Wildman–Crippen MR) is 117 cm³/mol. The summed E-state index contributed by atoms with van der Waals surface area (Å²) in [6.45, 7) is 7.34. The van der Waals surface area contributed by atoms with E-state index in [0.29, 0.717) is 49.6 Å². The zero-order valence-electron chi connectivity index (χ0n) is 18.5. The molecule has 1 aliphatic rings. The van der Waals surface area contributed by atoms with Gasteiger partial charge in [0.1, 0.15) is 23.7 Å². The summed E-state index contributed by atoms with van der Waals surface area (Å²) in [6.07, 6.45) is -0.222. The Bertz CT molecular complexity index is 997. The fourth-order valence-electron chi connectivity index (χ4n) is 3.04. The summed E-state index contributed by atoms with van der Waals surface area (Å²) in [4.78, 5) is 30.5. The Balaban J connectivity index is 1.58. The van der Waals surface area contributed by atoms with E-state index in [9.17, 15) is 14.0 Å². The summed E-state index contributed by atoms with van der Waals surface area (Å²) in [5.74, 6) is 0.397. The number of hydrogen-bond acceptors (Lipinski definition) is 6. The molecule has 2 amide bonds. The van der Waals surface area contributed by atoms with Gasteiger partial charge in [0.2, 0.25) is 0 Å². The van der Waals surface area contributed by atoms with E-state index in [4.69, 9.17) is 14.2 Å². The number of carbonyl (C=O) groups is 2. The summed E-state index contributed by atoms with van der Waals surface area (Å²) >= 11 is 0. The lowest BCUT2D eigenvalue weighted by Gasteiger charge is -2.26. The van der Waals surface area contributed by atoms with Gasteiger partial charge in [-0.2, -0.15) is 0 Å². The summed E-state index contributed by atoms with van der Waals surface area (Å²) in [5, 5.41) is 3.29. The van der Waals surface area contributed by atoms with E-state index >= 15 is 0 Å². The lowest BCUT2D eigenvalue weighted by molar-refractivity contribution is 0.0299. The quantitative estimate of drug-likeness (QED) is 0.732. The van der Waals surface area contributed by atoms with E-state index in [0.717, 1.165) is 5.39 Å². The Morgan fingerprint density at radius 3 is 2.66 bits per heavy atom. The summed E-state index contributed by atoms with van der Waals surface area (Å²) in [7, 11) is 0. The minimum absolute atomic E-state index is 0.0342. The van der Waals surface area contributed by atoms with Crippen molar-refractivity contribution < 1.29 is 28.2 Å². The molecule has 0 aliphatic carbocycles. The molecule has 1 aromatic carbocycles. The number of nitrogens with zero attached hydrogens (tertiary/aromatic N) is 2. The maximum absolute atomic E-state index is 13.2. The van der Waals surface area contributed by atoms with Crippen LogP contribution in [0.3, 0.4) is 0 Å². The first-order chi connectivity index (χ1) is 15.2. The highest BCUT2D eigenvalue weighted by molar-refractivity contribution is 5.95. The molecule has 0 spiro atoms. The number of benzene rings is 1. The number of halogens is 1. The second-order valence-electron chi connectivity index (χ2n) is 8.37. The zero-order chi connectivity index (χ0) is 23.1. The molecule has 172 valence electrons. The summed E-state index contributed by atoms with van der Waals surface area (Å²) in [5.41, 5.74) is 0.653. The zero-order valence-corrected chi connectivity index (χ0v) is 18.5. The predicted octanol–water partition coefficient (Wildman–Crippen LogP) is 3.46. The third kappa shape index (κ3) is 6.65. The number of alkyl carbamates (subject to hydrolysis) is 1. The molecule has 0 saturated carbocycles. The Labute approximate surface area is 186 Å². The Morgan fingerprint density at radius 1 is 1.22 bits per heavy atom. The normalized spacial score (nSPS) is 14.9. The Morgan fingerprint density at radius 2 is 1.97 bits per heavy atom. The average Bonchev–Trinajstić information content (AvgIpc) is 2.77. The van der Waals surface area contributed by atoms with Crippen molar-refractivity contribution in [1.82, 2.24) is 15.2 Å². The first-order valence-corrected chi connectivity index (χ1v) is 10.4. The number of nitrogens with one attached hydrogen (secondary N) is 1. The number of hydrogen-bond donors (Lipinski definition) is 1. The van der Waals surface area contributed by atoms with Crippen LogP contribution in [-0.2, 0) is 9.47 Å². The molecule has 2 heterocycles. The first kappa shape index (κ1) is 23.5. The molecule has 0 radical (unpaired) electrons. The van der Waals surface area contributed by atoms with Crippen LogP contribution in [-0.4, -0.2) is 66.9 Å². The lowest BCUT2D eigenvalue weighted by Crippen LogP contribution is -2.41. The number of pyridine rings is 1. The molecule has 1 aromatic heterocycles. The molecule has 1 aliphatic heterocycles. The van der Waals surface area contributed by atoms with Crippen molar-refractivity contribution >= 4 is 22.9 Å². The molecule has 0 bridgehead atoms. The van der Waals surface area contributed by atoms with E-state index in [1.807, 2.05) is 0 Å². The van der Waals surface area contributed by atoms with Gasteiger partial charge in [0.05, 0.1) is 25.1 Å². The molecule has 32 heavy (non-hydrogen) atoms. The van der Waals surface area contributed by atoms with Crippen LogP contribution < -0.4 is 10.1 Å². The fraction of sp³-hybridized carbons (Fsp3) is 0.435. The van der Waals surface area contributed by atoms with Crippen molar-refractivity contribution in [2.45, 2.75) is 26.4 Å². The van der Waals surface area contributed by atoms with Crippen molar-refractivity contribution in [1.29, 1.82) is 0 Å². The molecule has 2 aromatic rings. The van der Waals surface area contributed by atoms with Gasteiger partial charge < -0.3 is 24.4 Å². The van der Waals surface area contributed by atoms with Crippen LogP contribution in [0, 0.1) is 0 Å². The van der Waals surface area contributed by atoms with Gasteiger partial charge in [0.15, 0.2) is 0 Å². The molecule has 0 unspecified atom stereocenters. The summed E-state index contributed by atoms with van der Waals surface area (Å²) < 4.78 is 29.3. The molecule has 1 saturated heterocycles. The number of carbonyl (C=O) groups excluding carboxylic acids is 2. The first-order valence-electron chi connectivity index (χ1n) is 10.4. The second-order valence-corrected chi connectivity index (χ2v) is 8.37. The molecular weight excluding hydrogens is 417 g/mol. The minimum atomic E-state index is -0.633. The maximum Gasteiger partial charge on any atom is 0.407 e. The molecule has 9 heteroatoms. The van der Waals surface area contributed by atoms with Gasteiger partial charge in [0.25, 0.3) is 5.91 Å². The molecular formula is C23H28FN3O5. The van der Waals surface area contributed by atoms with E-state index in [2.05, 4.69) is 10.3 Å². The molecule has 1 fully saturated rings. The Kier molecular flexibility index (Phi) is 7.63. The van der Waals surface area contributed by atoms with Crippen molar-refractivity contribution in [3.8, 4) is 5.75 Å². The molecule has 8 nitrogen and oxygen atoms in total. The van der Waals surface area contributed by atoms with E-state index in [1.54, 1.807) is 56.0 Å². The van der Waals surface area contributed by atoms with Gasteiger partial charge in [0, 0.05) is 30.6 Å². The third-order valence-corrected chi connectivity index (χ3v) is 4.62. The Hall–Kier alpha value is -3.20. The maximum atomic E-state index is 13.2. The van der Waals surface area contributed by atoms with Crippen LogP contribution in [0.15, 0.2) is 42.2 Å². The van der Waals surface area contributed by atoms with E-state index in [1.165, 1.54) is 0 Å². The van der Waals surface area contributed by atoms with Crippen LogP contribution in [0.4, 0.5) is 9.18 Å². The summed E-state index contributed by atoms with van der Waals surface area (Å²) in [6, 6.07) is 8.71. The second kappa shape index (κ2) is 10.4. The number of aromatic nitrogens is 1. The fourth-order valence-corrected chi connectivity index (χ4v) is 3.04. The molecule has 0 atom stereocenters. The molecule has 1 N–H and O–H groups in total.